The van der Waals surface area contributed by atoms with E-state index in [1.165, 1.54) is 18.2 Å². The molecule has 2 atom stereocenters. The van der Waals surface area contributed by atoms with E-state index in [0.717, 1.165) is 10.0 Å². The van der Waals surface area contributed by atoms with E-state index in [1.54, 1.807) is 12.1 Å². The number of carbonyl (C=O) groups is 3. The number of amides is 2. The molecule has 1 aliphatic heterocycles. The number of aryl methyl sites for hydroxylation is 1. The summed E-state index contributed by atoms with van der Waals surface area (Å²) in [6, 6.07) is 8.71. The molecule has 0 saturated carbocycles. The summed E-state index contributed by atoms with van der Waals surface area (Å²) in [5.74, 6) is -2.05. The van der Waals surface area contributed by atoms with Gasteiger partial charge in [-0.3, -0.25) is 19.4 Å². The average molecular weight is 548 g/mol. The summed E-state index contributed by atoms with van der Waals surface area (Å²) < 4.78 is 0.754. The molecule has 0 spiro atoms. The van der Waals surface area contributed by atoms with Crippen LogP contribution in [0.4, 0.5) is 5.69 Å². The first-order valence-corrected chi connectivity index (χ1v) is 11.5. The smallest absolute Gasteiger partial charge is 0.305 e. The number of aliphatic imine (C=N–C) groups is 1. The Morgan fingerprint density at radius 3 is 2.63 bits per heavy atom. The van der Waals surface area contributed by atoms with Crippen molar-refractivity contribution >= 4 is 45.4 Å². The molecular formula is C23H26BrN5O6. The van der Waals surface area contributed by atoms with E-state index in [2.05, 4.69) is 42.2 Å². The monoisotopic (exact) mass is 547 g/mol. The van der Waals surface area contributed by atoms with Gasteiger partial charge in [0, 0.05) is 28.3 Å². The second-order valence-electron chi connectivity index (χ2n) is 8.08. The van der Waals surface area contributed by atoms with Crippen molar-refractivity contribution in [3.63, 3.8) is 0 Å². The number of carbonyl (C=O) groups excluding carboxylic acids is 2. The fraction of sp³-hybridized carbons (Fsp3) is 0.304. The Bertz CT molecular complexity index is 1130. The molecule has 12 heteroatoms. The Labute approximate surface area is 209 Å². The molecule has 7 N–H and O–H groups in total. The van der Waals surface area contributed by atoms with Crippen molar-refractivity contribution in [3.05, 3.63) is 57.6 Å². The van der Waals surface area contributed by atoms with Crippen molar-refractivity contribution < 1.29 is 29.7 Å². The number of phenolic OH excluding ortho intramolecular Hbond substituents is 1. The molecule has 1 heterocycles. The van der Waals surface area contributed by atoms with E-state index in [9.17, 15) is 29.7 Å². The van der Waals surface area contributed by atoms with Crippen molar-refractivity contribution in [2.75, 3.05) is 25.0 Å². The highest BCUT2D eigenvalue weighted by molar-refractivity contribution is 9.10. The van der Waals surface area contributed by atoms with Crippen molar-refractivity contribution in [1.82, 2.24) is 16.0 Å². The Balaban J connectivity index is 1.63. The van der Waals surface area contributed by atoms with Crippen LogP contribution in [-0.2, 0) is 9.59 Å². The maximum absolute atomic E-state index is 12.6. The van der Waals surface area contributed by atoms with E-state index in [4.69, 9.17) is 0 Å². The largest absolute Gasteiger partial charge is 0.508 e. The molecule has 2 amide bonds. The quantitative estimate of drug-likeness (QED) is 0.258. The number of aliphatic carboxylic acids is 1. The summed E-state index contributed by atoms with van der Waals surface area (Å²) in [5, 5.41) is 39.7. The zero-order chi connectivity index (χ0) is 25.5. The predicted octanol–water partition coefficient (Wildman–Crippen LogP) is 1.26. The van der Waals surface area contributed by atoms with Crippen LogP contribution in [-0.4, -0.2) is 64.8 Å². The van der Waals surface area contributed by atoms with Crippen molar-refractivity contribution in [2.24, 2.45) is 4.99 Å². The van der Waals surface area contributed by atoms with Gasteiger partial charge in [-0.1, -0.05) is 22.0 Å². The van der Waals surface area contributed by atoms with E-state index >= 15 is 0 Å². The standard InChI is InChI=1S/C23H26BrN5O6/c1-12-2-13(4-15(24)3-12)19(8-21(33)34)29-20(32)11-25-22(35)14-5-16(7-17(30)6-14)28-23-26-9-18(31)10-27-23/h2-7,18-19,30-31H,8-11H2,1H3,(H,25,35)(H,29,32)(H,33,34)(H2,26,27,28). The van der Waals surface area contributed by atoms with Gasteiger partial charge in [0.05, 0.1) is 31.7 Å². The predicted molar refractivity (Wildman–Crippen MR) is 132 cm³/mol. The van der Waals surface area contributed by atoms with Gasteiger partial charge in [0.1, 0.15) is 5.75 Å². The van der Waals surface area contributed by atoms with E-state index < -0.39 is 36.5 Å². The molecule has 0 fully saturated rings. The number of carboxylic acid groups (broad SMARTS) is 1. The summed E-state index contributed by atoms with van der Waals surface area (Å²) in [6.45, 7) is 1.99. The van der Waals surface area contributed by atoms with Gasteiger partial charge in [0.25, 0.3) is 5.91 Å². The molecule has 0 aromatic heterocycles. The number of guanidine groups is 1. The molecule has 0 radical (unpaired) electrons. The number of aliphatic hydroxyl groups is 1. The molecule has 0 saturated heterocycles. The fourth-order valence-corrected chi connectivity index (χ4v) is 4.09. The third-order valence-electron chi connectivity index (χ3n) is 5.00. The maximum Gasteiger partial charge on any atom is 0.305 e. The number of halogens is 1. The molecule has 3 rings (SSSR count). The zero-order valence-electron chi connectivity index (χ0n) is 18.8. The first-order valence-electron chi connectivity index (χ1n) is 10.7. The van der Waals surface area contributed by atoms with Crippen molar-refractivity contribution in [3.8, 4) is 5.75 Å². The van der Waals surface area contributed by atoms with E-state index in [-0.39, 0.29) is 24.3 Å². The van der Waals surface area contributed by atoms with Crippen LogP contribution in [0.15, 0.2) is 45.9 Å². The SMILES string of the molecule is Cc1cc(Br)cc(C(CC(=O)O)NC(=O)CNC(=O)c2cc(O)cc(NC3=NCC(O)CN3)c2)c1. The van der Waals surface area contributed by atoms with Gasteiger partial charge in [-0.2, -0.15) is 0 Å². The van der Waals surface area contributed by atoms with Crippen LogP contribution in [0, 0.1) is 6.92 Å². The molecule has 186 valence electrons. The Kier molecular flexibility index (Phi) is 8.66. The third kappa shape index (κ3) is 7.97. The highest BCUT2D eigenvalue weighted by atomic mass is 79.9. The van der Waals surface area contributed by atoms with Crippen LogP contribution in [0.1, 0.15) is 33.9 Å². The van der Waals surface area contributed by atoms with Crippen molar-refractivity contribution in [1.29, 1.82) is 0 Å². The van der Waals surface area contributed by atoms with E-state index in [1.807, 2.05) is 13.0 Å². The van der Waals surface area contributed by atoms with Gasteiger partial charge in [0.2, 0.25) is 5.91 Å². The summed E-state index contributed by atoms with van der Waals surface area (Å²) >= 11 is 3.37. The highest BCUT2D eigenvalue weighted by Gasteiger charge is 2.20. The van der Waals surface area contributed by atoms with Gasteiger partial charge in [-0.05, 0) is 42.3 Å². The number of carboxylic acids is 1. The van der Waals surface area contributed by atoms with Crippen LogP contribution in [0.2, 0.25) is 0 Å². The van der Waals surface area contributed by atoms with Crippen LogP contribution in [0.5, 0.6) is 5.75 Å². The molecular weight excluding hydrogens is 522 g/mol. The third-order valence-corrected chi connectivity index (χ3v) is 5.46. The number of hydrogen-bond acceptors (Lipinski definition) is 8. The topological polar surface area (TPSA) is 172 Å². The lowest BCUT2D eigenvalue weighted by atomic mass is 10.0. The molecule has 2 unspecified atom stereocenters. The van der Waals surface area contributed by atoms with Crippen LogP contribution < -0.4 is 21.3 Å². The minimum Gasteiger partial charge on any atom is -0.508 e. The normalized spacial score (nSPS) is 15.9. The molecule has 0 aliphatic carbocycles. The van der Waals surface area contributed by atoms with E-state index in [0.29, 0.717) is 23.8 Å². The van der Waals surface area contributed by atoms with Gasteiger partial charge in [0.15, 0.2) is 5.96 Å². The average Bonchev–Trinajstić information content (AvgIpc) is 2.77. The lowest BCUT2D eigenvalue weighted by Gasteiger charge is -2.20. The second-order valence-corrected chi connectivity index (χ2v) is 9.00. The second kappa shape index (κ2) is 11.7. The number of aliphatic hydroxyl groups excluding tert-OH is 1. The number of hydrogen-bond donors (Lipinski definition) is 7. The Morgan fingerprint density at radius 2 is 1.97 bits per heavy atom. The molecule has 2 aromatic carbocycles. The Hall–Kier alpha value is -3.64. The van der Waals surface area contributed by atoms with Crippen LogP contribution in [0.25, 0.3) is 0 Å². The number of phenols is 1. The number of β-amino-alcohol motifs (C(OH)–C–C–N with tert-alkyl or cyclic N) is 1. The number of anilines is 1. The van der Waals surface area contributed by atoms with Crippen molar-refractivity contribution in [2.45, 2.75) is 25.5 Å². The number of rotatable bonds is 8. The molecule has 35 heavy (non-hydrogen) atoms. The summed E-state index contributed by atoms with van der Waals surface area (Å²) in [5.41, 5.74) is 2.00. The first kappa shape index (κ1) is 26.0. The fourth-order valence-electron chi connectivity index (χ4n) is 3.47. The minimum atomic E-state index is -1.08. The van der Waals surface area contributed by atoms with Gasteiger partial charge in [-0.25, -0.2) is 0 Å². The number of nitrogens with one attached hydrogen (secondary N) is 4. The first-order chi connectivity index (χ1) is 16.6. The summed E-state index contributed by atoms with van der Waals surface area (Å²) in [7, 11) is 0. The molecule has 0 bridgehead atoms. The highest BCUT2D eigenvalue weighted by Crippen LogP contribution is 2.23. The maximum atomic E-state index is 12.6. The number of benzene rings is 2. The zero-order valence-corrected chi connectivity index (χ0v) is 20.4. The van der Waals surface area contributed by atoms with Gasteiger partial charge < -0.3 is 36.6 Å². The van der Waals surface area contributed by atoms with Crippen LogP contribution in [0.3, 0.4) is 0 Å². The summed E-state index contributed by atoms with van der Waals surface area (Å²) in [4.78, 5) is 40.5. The number of aromatic hydroxyl groups is 1. The lowest BCUT2D eigenvalue weighted by Crippen LogP contribution is -2.42. The minimum absolute atomic E-state index is 0.0986. The molecule has 2 aromatic rings. The molecule has 11 nitrogen and oxygen atoms in total. The number of nitrogens with zero attached hydrogens (tertiary/aromatic N) is 1. The van der Waals surface area contributed by atoms with Crippen LogP contribution >= 0.6 is 15.9 Å². The molecule has 1 aliphatic rings. The van der Waals surface area contributed by atoms with Gasteiger partial charge in [-0.15, -0.1) is 0 Å². The lowest BCUT2D eigenvalue weighted by molar-refractivity contribution is -0.137. The Morgan fingerprint density at radius 1 is 1.20 bits per heavy atom. The van der Waals surface area contributed by atoms with Gasteiger partial charge >= 0.3 is 5.97 Å². The summed E-state index contributed by atoms with van der Waals surface area (Å²) in [6.07, 6.45) is -0.911.